The Morgan fingerprint density at radius 2 is 1.65 bits per heavy atom. The minimum absolute atomic E-state index is 0. The van der Waals surface area contributed by atoms with Crippen LogP contribution >= 0.6 is 24.8 Å². The molecule has 1 aliphatic heterocycles. The summed E-state index contributed by atoms with van der Waals surface area (Å²) in [7, 11) is 3.21. The highest BCUT2D eigenvalue weighted by atomic mass is 35.5. The number of hydrogen-bond acceptors (Lipinski definition) is 5. The number of hydrogen-bond donors (Lipinski definition) is 1. The van der Waals surface area contributed by atoms with Gasteiger partial charge >= 0.3 is 6.18 Å². The molecule has 0 saturated carbocycles. The number of piperidine rings is 1. The van der Waals surface area contributed by atoms with Crippen molar-refractivity contribution in [3.63, 3.8) is 0 Å². The lowest BCUT2D eigenvalue weighted by atomic mass is 10.0. The van der Waals surface area contributed by atoms with Gasteiger partial charge in [-0.25, -0.2) is 0 Å². The summed E-state index contributed by atoms with van der Waals surface area (Å²) in [5.41, 5.74) is 3.82. The minimum atomic E-state index is -4.35. The van der Waals surface area contributed by atoms with Crippen LogP contribution in [0.5, 0.6) is 11.5 Å². The summed E-state index contributed by atoms with van der Waals surface area (Å²) in [4.78, 5) is 6.77. The van der Waals surface area contributed by atoms with Crippen LogP contribution in [0.1, 0.15) is 29.5 Å². The number of methoxy groups -OCH3 is 2. The molecular weight excluding hydrogens is 526 g/mol. The SMILES string of the molecule is COc1cc(-c2cc(CN(c3ccc(C(F)(F)F)cc3)C3CCNCC3)ccn2)cc(C)c1OC.Cl.Cl. The Labute approximate surface area is 228 Å². The molecule has 2 aromatic carbocycles. The maximum Gasteiger partial charge on any atom is 0.416 e. The Morgan fingerprint density at radius 1 is 0.973 bits per heavy atom. The van der Waals surface area contributed by atoms with Crippen molar-refractivity contribution in [2.45, 2.75) is 38.5 Å². The van der Waals surface area contributed by atoms with E-state index in [1.54, 1.807) is 32.5 Å². The van der Waals surface area contributed by atoms with Crippen LogP contribution < -0.4 is 19.7 Å². The van der Waals surface area contributed by atoms with E-state index in [9.17, 15) is 13.2 Å². The van der Waals surface area contributed by atoms with Gasteiger partial charge in [-0.15, -0.1) is 24.8 Å². The molecule has 0 spiro atoms. The van der Waals surface area contributed by atoms with Gasteiger partial charge in [0.05, 0.1) is 25.5 Å². The average Bonchev–Trinajstić information content (AvgIpc) is 2.87. The van der Waals surface area contributed by atoms with Gasteiger partial charge in [-0.2, -0.15) is 13.2 Å². The smallest absolute Gasteiger partial charge is 0.416 e. The molecule has 1 saturated heterocycles. The number of rotatable bonds is 7. The third kappa shape index (κ3) is 7.21. The van der Waals surface area contributed by atoms with Crippen LogP contribution in [0.2, 0.25) is 0 Å². The predicted octanol–water partition coefficient (Wildman–Crippen LogP) is 6.70. The molecule has 37 heavy (non-hydrogen) atoms. The van der Waals surface area contributed by atoms with Crippen molar-refractivity contribution >= 4 is 30.5 Å². The highest BCUT2D eigenvalue weighted by molar-refractivity contribution is 5.85. The van der Waals surface area contributed by atoms with Gasteiger partial charge < -0.3 is 19.7 Å². The van der Waals surface area contributed by atoms with E-state index in [4.69, 9.17) is 9.47 Å². The molecule has 4 rings (SSSR count). The normalized spacial score (nSPS) is 13.8. The van der Waals surface area contributed by atoms with Crippen molar-refractivity contribution in [3.05, 3.63) is 71.4 Å². The second-order valence-corrected chi connectivity index (χ2v) is 8.73. The molecule has 3 aromatic rings. The molecule has 2 heterocycles. The molecule has 0 radical (unpaired) electrons. The van der Waals surface area contributed by atoms with Gasteiger partial charge in [-0.1, -0.05) is 0 Å². The van der Waals surface area contributed by atoms with Gasteiger partial charge in [0.25, 0.3) is 0 Å². The number of nitrogens with one attached hydrogen (secondary N) is 1. The van der Waals surface area contributed by atoms with Crippen LogP contribution in [0.25, 0.3) is 11.3 Å². The predicted molar refractivity (Wildman–Crippen MR) is 146 cm³/mol. The zero-order valence-corrected chi connectivity index (χ0v) is 22.6. The molecule has 0 unspecified atom stereocenters. The summed E-state index contributed by atoms with van der Waals surface area (Å²) in [6.45, 7) is 4.29. The number of aromatic nitrogens is 1. The molecule has 1 aliphatic rings. The molecule has 1 fully saturated rings. The van der Waals surface area contributed by atoms with Gasteiger partial charge in [0, 0.05) is 30.0 Å². The first-order valence-electron chi connectivity index (χ1n) is 11.6. The van der Waals surface area contributed by atoms with Gasteiger partial charge in [0.15, 0.2) is 11.5 Å². The summed E-state index contributed by atoms with van der Waals surface area (Å²) in [5, 5.41) is 3.36. The zero-order chi connectivity index (χ0) is 25.0. The highest BCUT2D eigenvalue weighted by Gasteiger charge is 2.30. The molecule has 1 aromatic heterocycles. The number of anilines is 1. The number of pyridine rings is 1. The fraction of sp³-hybridized carbons (Fsp3) is 0.370. The molecule has 10 heteroatoms. The van der Waals surface area contributed by atoms with E-state index in [1.165, 1.54) is 0 Å². The molecule has 0 atom stereocenters. The lowest BCUT2D eigenvalue weighted by molar-refractivity contribution is -0.137. The molecule has 0 bridgehead atoms. The average molecular weight is 558 g/mol. The lowest BCUT2D eigenvalue weighted by Crippen LogP contribution is -2.43. The van der Waals surface area contributed by atoms with Crippen molar-refractivity contribution in [3.8, 4) is 22.8 Å². The van der Waals surface area contributed by atoms with E-state index in [1.807, 2.05) is 31.2 Å². The van der Waals surface area contributed by atoms with E-state index >= 15 is 0 Å². The fourth-order valence-corrected chi connectivity index (χ4v) is 4.62. The largest absolute Gasteiger partial charge is 0.493 e. The van der Waals surface area contributed by atoms with Gasteiger partial charge in [-0.3, -0.25) is 4.98 Å². The van der Waals surface area contributed by atoms with E-state index in [0.29, 0.717) is 18.0 Å². The summed E-state index contributed by atoms with van der Waals surface area (Å²) >= 11 is 0. The van der Waals surface area contributed by atoms with Crippen LogP contribution in [-0.2, 0) is 12.7 Å². The second kappa shape index (κ2) is 13.2. The van der Waals surface area contributed by atoms with E-state index in [-0.39, 0.29) is 30.9 Å². The molecule has 0 amide bonds. The van der Waals surface area contributed by atoms with Crippen LogP contribution in [0.4, 0.5) is 18.9 Å². The maximum absolute atomic E-state index is 13.1. The first kappa shape index (κ1) is 30.5. The molecule has 0 aliphatic carbocycles. The number of alkyl halides is 3. The summed E-state index contributed by atoms with van der Waals surface area (Å²) in [6.07, 6.45) is -0.735. The Morgan fingerprint density at radius 3 is 2.24 bits per heavy atom. The maximum atomic E-state index is 13.1. The molecular formula is C27H32Cl2F3N3O2. The van der Waals surface area contributed by atoms with Crippen LogP contribution in [0.15, 0.2) is 54.7 Å². The molecule has 1 N–H and O–H groups in total. The highest BCUT2D eigenvalue weighted by Crippen LogP contribution is 2.36. The van der Waals surface area contributed by atoms with Crippen molar-refractivity contribution < 1.29 is 22.6 Å². The quantitative estimate of drug-likeness (QED) is 0.350. The van der Waals surface area contributed by atoms with Crippen LogP contribution in [-0.4, -0.2) is 38.3 Å². The van der Waals surface area contributed by atoms with E-state index in [0.717, 1.165) is 66.1 Å². The minimum Gasteiger partial charge on any atom is -0.493 e. The van der Waals surface area contributed by atoms with E-state index < -0.39 is 11.7 Å². The van der Waals surface area contributed by atoms with Crippen molar-refractivity contribution in [2.24, 2.45) is 0 Å². The first-order chi connectivity index (χ1) is 16.8. The molecule has 5 nitrogen and oxygen atoms in total. The zero-order valence-electron chi connectivity index (χ0n) is 21.0. The Balaban J connectivity index is 0.00000241. The van der Waals surface area contributed by atoms with Crippen molar-refractivity contribution in [1.82, 2.24) is 10.3 Å². The number of benzene rings is 2. The number of aryl methyl sites for hydroxylation is 1. The third-order valence-corrected chi connectivity index (χ3v) is 6.41. The lowest BCUT2D eigenvalue weighted by Gasteiger charge is -2.36. The summed E-state index contributed by atoms with van der Waals surface area (Å²) in [5.74, 6) is 1.32. The van der Waals surface area contributed by atoms with Crippen molar-refractivity contribution in [2.75, 3.05) is 32.2 Å². The number of ether oxygens (including phenoxy) is 2. The van der Waals surface area contributed by atoms with Gasteiger partial charge in [0.1, 0.15) is 0 Å². The van der Waals surface area contributed by atoms with Crippen LogP contribution in [0, 0.1) is 6.92 Å². The number of nitrogens with zero attached hydrogens (tertiary/aromatic N) is 2. The second-order valence-electron chi connectivity index (χ2n) is 8.73. The Bertz CT molecular complexity index is 1150. The summed E-state index contributed by atoms with van der Waals surface area (Å²) in [6, 6.07) is 13.6. The molecule has 202 valence electrons. The fourth-order valence-electron chi connectivity index (χ4n) is 4.62. The van der Waals surface area contributed by atoms with E-state index in [2.05, 4.69) is 15.2 Å². The number of halogens is 5. The monoisotopic (exact) mass is 557 g/mol. The topological polar surface area (TPSA) is 46.6 Å². The van der Waals surface area contributed by atoms with Crippen molar-refractivity contribution in [1.29, 1.82) is 0 Å². The summed E-state index contributed by atoms with van der Waals surface area (Å²) < 4.78 is 50.3. The van der Waals surface area contributed by atoms with Crippen LogP contribution in [0.3, 0.4) is 0 Å². The Kier molecular flexibility index (Phi) is 10.9. The Hall–Kier alpha value is -2.68. The first-order valence-corrected chi connectivity index (χ1v) is 11.6. The van der Waals surface area contributed by atoms with Gasteiger partial charge in [0.2, 0.25) is 0 Å². The standard InChI is InChI=1S/C27H30F3N3O2.2ClH/c1-18-14-20(16-25(34-2)26(18)35-3)24-15-19(8-13-32-24)17-33(23-9-11-31-12-10-23)22-6-4-21(5-7-22)27(28,29)30;;/h4-8,13-16,23,31H,9-12,17H2,1-3H3;2*1H. The van der Waals surface area contributed by atoms with Gasteiger partial charge in [-0.05, 0) is 92.5 Å². The third-order valence-electron chi connectivity index (χ3n) is 6.41.